The summed E-state index contributed by atoms with van der Waals surface area (Å²) in [6.07, 6.45) is 1.22. The molecule has 0 unspecified atom stereocenters. The number of carbonyl (C=O) groups excluding carboxylic acids is 1. The second-order valence-corrected chi connectivity index (χ2v) is 4.34. The largest absolute Gasteiger partial charge is 0.469 e. The first-order valence-electron chi connectivity index (χ1n) is 5.21. The van der Waals surface area contributed by atoms with Gasteiger partial charge in [0.2, 0.25) is 0 Å². The molecule has 16 heavy (non-hydrogen) atoms. The van der Waals surface area contributed by atoms with Gasteiger partial charge in [-0.3, -0.25) is 4.79 Å². The van der Waals surface area contributed by atoms with Gasteiger partial charge in [-0.1, -0.05) is 12.1 Å². The number of ether oxygens (including phenoxy) is 1. The molecule has 88 valence electrons. The van der Waals surface area contributed by atoms with Crippen LogP contribution in [0.3, 0.4) is 0 Å². The van der Waals surface area contributed by atoms with Crippen molar-refractivity contribution >= 4 is 27.6 Å². The molecule has 1 aromatic carbocycles. The number of aryl methyl sites for hydroxylation is 1. The Hall–Kier alpha value is -1.03. The highest BCUT2D eigenvalue weighted by Crippen LogP contribution is 2.25. The van der Waals surface area contributed by atoms with Crippen molar-refractivity contribution in [2.24, 2.45) is 0 Å². The molecule has 0 saturated heterocycles. The van der Waals surface area contributed by atoms with Gasteiger partial charge in [0.1, 0.15) is 0 Å². The predicted octanol–water partition coefficient (Wildman–Crippen LogP) is 3.12. The van der Waals surface area contributed by atoms with Crippen molar-refractivity contribution in [1.29, 1.82) is 0 Å². The Morgan fingerprint density at radius 2 is 2.25 bits per heavy atom. The van der Waals surface area contributed by atoms with Crippen LogP contribution < -0.4 is 5.32 Å². The smallest absolute Gasteiger partial charge is 0.305 e. The normalized spacial score (nSPS) is 9.94. The number of benzene rings is 1. The molecule has 0 aromatic heterocycles. The van der Waals surface area contributed by atoms with Crippen LogP contribution in [0.5, 0.6) is 0 Å². The molecule has 1 rings (SSSR count). The van der Waals surface area contributed by atoms with E-state index in [0.717, 1.165) is 23.1 Å². The summed E-state index contributed by atoms with van der Waals surface area (Å²) >= 11 is 3.52. The van der Waals surface area contributed by atoms with E-state index in [1.54, 1.807) is 0 Å². The van der Waals surface area contributed by atoms with Gasteiger partial charge in [0.15, 0.2) is 0 Å². The summed E-state index contributed by atoms with van der Waals surface area (Å²) in [6, 6.07) is 6.06. The van der Waals surface area contributed by atoms with E-state index >= 15 is 0 Å². The third-order valence-electron chi connectivity index (χ3n) is 2.29. The number of halogens is 1. The molecule has 1 aromatic rings. The summed E-state index contributed by atoms with van der Waals surface area (Å²) in [4.78, 5) is 10.9. The van der Waals surface area contributed by atoms with Crippen LogP contribution in [-0.4, -0.2) is 19.6 Å². The van der Waals surface area contributed by atoms with Crippen molar-refractivity contribution < 1.29 is 9.53 Å². The highest BCUT2D eigenvalue weighted by atomic mass is 79.9. The minimum Gasteiger partial charge on any atom is -0.469 e. The summed E-state index contributed by atoms with van der Waals surface area (Å²) in [6.45, 7) is 2.81. The maximum absolute atomic E-state index is 10.9. The molecule has 1 N–H and O–H groups in total. The van der Waals surface area contributed by atoms with E-state index in [4.69, 9.17) is 0 Å². The molecular formula is C12H16BrNO2. The van der Waals surface area contributed by atoms with Gasteiger partial charge < -0.3 is 10.1 Å². The number of rotatable bonds is 5. The van der Waals surface area contributed by atoms with Crippen LogP contribution in [0, 0.1) is 6.92 Å². The Kier molecular flexibility index (Phi) is 5.32. The fraction of sp³-hybridized carbons (Fsp3) is 0.417. The maximum Gasteiger partial charge on any atom is 0.305 e. The standard InChI is InChI=1S/C12H16BrNO2/c1-9-5-3-6-10(12(9)13)14-8-4-7-11(15)16-2/h3,5-6,14H,4,7-8H2,1-2H3. The van der Waals surface area contributed by atoms with Gasteiger partial charge in [0, 0.05) is 23.1 Å². The lowest BCUT2D eigenvalue weighted by Crippen LogP contribution is -2.07. The molecular weight excluding hydrogens is 270 g/mol. The Bertz CT molecular complexity index is 366. The number of esters is 1. The van der Waals surface area contributed by atoms with Gasteiger partial charge in [-0.25, -0.2) is 0 Å². The number of carbonyl (C=O) groups is 1. The van der Waals surface area contributed by atoms with Gasteiger partial charge in [0.05, 0.1) is 7.11 Å². The molecule has 0 aliphatic rings. The summed E-state index contributed by atoms with van der Waals surface area (Å²) < 4.78 is 5.65. The molecule has 0 amide bonds. The Labute approximate surface area is 104 Å². The highest BCUT2D eigenvalue weighted by Gasteiger charge is 2.02. The van der Waals surface area contributed by atoms with Crippen LogP contribution in [0.2, 0.25) is 0 Å². The third kappa shape index (κ3) is 3.85. The number of nitrogens with one attached hydrogen (secondary N) is 1. The monoisotopic (exact) mass is 285 g/mol. The summed E-state index contributed by atoms with van der Waals surface area (Å²) in [5.74, 6) is -0.162. The van der Waals surface area contributed by atoms with E-state index in [-0.39, 0.29) is 5.97 Å². The molecule has 0 saturated carbocycles. The Balaban J connectivity index is 2.38. The Morgan fingerprint density at radius 3 is 2.94 bits per heavy atom. The quantitative estimate of drug-likeness (QED) is 0.667. The summed E-state index contributed by atoms with van der Waals surface area (Å²) in [5.41, 5.74) is 2.25. The van der Waals surface area contributed by atoms with E-state index in [1.807, 2.05) is 25.1 Å². The van der Waals surface area contributed by atoms with Crippen molar-refractivity contribution in [2.75, 3.05) is 19.0 Å². The molecule has 0 bridgehead atoms. The van der Waals surface area contributed by atoms with Gasteiger partial charge in [-0.2, -0.15) is 0 Å². The fourth-order valence-corrected chi connectivity index (χ4v) is 1.75. The minimum atomic E-state index is -0.162. The van der Waals surface area contributed by atoms with Crippen molar-refractivity contribution in [3.63, 3.8) is 0 Å². The molecule has 0 spiro atoms. The summed E-state index contributed by atoms with van der Waals surface area (Å²) in [7, 11) is 1.41. The van der Waals surface area contributed by atoms with E-state index in [0.29, 0.717) is 6.42 Å². The lowest BCUT2D eigenvalue weighted by atomic mass is 10.2. The number of anilines is 1. The van der Waals surface area contributed by atoms with Crippen LogP contribution in [-0.2, 0) is 9.53 Å². The second-order valence-electron chi connectivity index (χ2n) is 3.54. The lowest BCUT2D eigenvalue weighted by molar-refractivity contribution is -0.140. The average molecular weight is 286 g/mol. The highest BCUT2D eigenvalue weighted by molar-refractivity contribution is 9.10. The molecule has 0 radical (unpaired) electrons. The van der Waals surface area contributed by atoms with Crippen LogP contribution in [0.25, 0.3) is 0 Å². The second kappa shape index (κ2) is 6.53. The van der Waals surface area contributed by atoms with E-state index in [9.17, 15) is 4.79 Å². The van der Waals surface area contributed by atoms with Crippen LogP contribution in [0.4, 0.5) is 5.69 Å². The van der Waals surface area contributed by atoms with Crippen LogP contribution in [0.15, 0.2) is 22.7 Å². The zero-order chi connectivity index (χ0) is 12.0. The number of hydrogen-bond acceptors (Lipinski definition) is 3. The van der Waals surface area contributed by atoms with Gasteiger partial charge >= 0.3 is 5.97 Å². The Morgan fingerprint density at radius 1 is 1.50 bits per heavy atom. The molecule has 0 aliphatic carbocycles. The third-order valence-corrected chi connectivity index (χ3v) is 3.35. The van der Waals surface area contributed by atoms with E-state index < -0.39 is 0 Å². The molecule has 0 heterocycles. The molecule has 0 fully saturated rings. The minimum absolute atomic E-state index is 0.162. The predicted molar refractivity (Wildman–Crippen MR) is 68.6 cm³/mol. The average Bonchev–Trinajstić information content (AvgIpc) is 2.29. The van der Waals surface area contributed by atoms with Gasteiger partial charge in [0.25, 0.3) is 0 Å². The zero-order valence-electron chi connectivity index (χ0n) is 9.55. The first-order valence-corrected chi connectivity index (χ1v) is 6.00. The first-order chi connectivity index (χ1) is 7.65. The van der Waals surface area contributed by atoms with E-state index in [2.05, 4.69) is 26.0 Å². The maximum atomic E-state index is 10.9. The zero-order valence-corrected chi connectivity index (χ0v) is 11.1. The molecule has 3 nitrogen and oxygen atoms in total. The van der Waals surface area contributed by atoms with Crippen molar-refractivity contribution in [1.82, 2.24) is 0 Å². The van der Waals surface area contributed by atoms with Crippen molar-refractivity contribution in [2.45, 2.75) is 19.8 Å². The van der Waals surface area contributed by atoms with Gasteiger partial charge in [-0.05, 0) is 40.9 Å². The fourth-order valence-electron chi connectivity index (χ4n) is 1.34. The lowest BCUT2D eigenvalue weighted by Gasteiger charge is -2.09. The SMILES string of the molecule is COC(=O)CCCNc1cccc(C)c1Br. The molecule has 0 atom stereocenters. The molecule has 4 heteroatoms. The first kappa shape index (κ1) is 13.0. The number of hydrogen-bond donors (Lipinski definition) is 1. The van der Waals surface area contributed by atoms with Gasteiger partial charge in [-0.15, -0.1) is 0 Å². The van der Waals surface area contributed by atoms with Crippen LogP contribution in [0.1, 0.15) is 18.4 Å². The van der Waals surface area contributed by atoms with Crippen molar-refractivity contribution in [3.05, 3.63) is 28.2 Å². The topological polar surface area (TPSA) is 38.3 Å². The van der Waals surface area contributed by atoms with Crippen molar-refractivity contribution in [3.8, 4) is 0 Å². The molecule has 0 aliphatic heterocycles. The van der Waals surface area contributed by atoms with Crippen LogP contribution >= 0.6 is 15.9 Å². The number of methoxy groups -OCH3 is 1. The van der Waals surface area contributed by atoms with E-state index in [1.165, 1.54) is 12.7 Å². The summed E-state index contributed by atoms with van der Waals surface area (Å²) in [5, 5.41) is 3.28.